The Morgan fingerprint density at radius 2 is 1.61 bits per heavy atom. The van der Waals surface area contributed by atoms with E-state index in [1.807, 2.05) is 30.3 Å². The Morgan fingerprint density at radius 1 is 0.870 bits per heavy atom. The zero-order chi connectivity index (χ0) is 16.1. The van der Waals surface area contributed by atoms with Crippen LogP contribution in [0.5, 0.6) is 0 Å². The number of carbonyl (C=O) groups is 1. The number of rotatable bonds is 4. The molecule has 2 aromatic carbocycles. The summed E-state index contributed by atoms with van der Waals surface area (Å²) in [4.78, 5) is 12.1. The van der Waals surface area contributed by atoms with Crippen LogP contribution in [0.25, 0.3) is 0 Å². The summed E-state index contributed by atoms with van der Waals surface area (Å²) in [5.41, 5.74) is 1.64. The fourth-order valence-electron chi connectivity index (χ4n) is 1.94. The van der Waals surface area contributed by atoms with Crippen molar-refractivity contribution in [3.05, 3.63) is 77.4 Å². The number of nitrogens with one attached hydrogen (secondary N) is 2. The van der Waals surface area contributed by atoms with E-state index in [-0.39, 0.29) is 11.6 Å². The van der Waals surface area contributed by atoms with Crippen molar-refractivity contribution in [2.24, 2.45) is 0 Å². The molecular formula is C17H13ClN4O. The number of hydrogen-bond acceptors (Lipinski definition) is 4. The van der Waals surface area contributed by atoms with E-state index in [1.54, 1.807) is 36.4 Å². The molecule has 0 radical (unpaired) electrons. The molecular weight excluding hydrogens is 312 g/mol. The summed E-state index contributed by atoms with van der Waals surface area (Å²) in [5, 5.41) is 14.2. The maximum Gasteiger partial charge on any atom is 0.276 e. The minimum Gasteiger partial charge on any atom is -0.339 e. The predicted molar refractivity (Wildman–Crippen MR) is 91.2 cm³/mol. The molecule has 2 N–H and O–H groups in total. The van der Waals surface area contributed by atoms with Crippen molar-refractivity contribution >= 4 is 34.7 Å². The average Bonchev–Trinajstić information content (AvgIpc) is 2.58. The minimum atomic E-state index is -0.364. The highest BCUT2D eigenvalue weighted by Gasteiger charge is 2.10. The van der Waals surface area contributed by atoms with Crippen molar-refractivity contribution in [1.29, 1.82) is 0 Å². The van der Waals surface area contributed by atoms with Gasteiger partial charge in [-0.25, -0.2) is 0 Å². The summed E-state index contributed by atoms with van der Waals surface area (Å²) in [6.07, 6.45) is 0. The molecule has 5 nitrogen and oxygen atoms in total. The zero-order valence-corrected chi connectivity index (χ0v) is 12.8. The first-order chi connectivity index (χ1) is 11.2. The minimum absolute atomic E-state index is 0.212. The number of amides is 1. The second-order valence-electron chi connectivity index (χ2n) is 4.73. The van der Waals surface area contributed by atoms with Crippen LogP contribution in [0.2, 0.25) is 5.02 Å². The van der Waals surface area contributed by atoms with Gasteiger partial charge in [0.2, 0.25) is 0 Å². The molecule has 0 bridgehead atoms. The molecule has 0 spiro atoms. The molecule has 114 valence electrons. The lowest BCUT2D eigenvalue weighted by Gasteiger charge is -2.07. The normalized spacial score (nSPS) is 10.1. The Hall–Kier alpha value is -2.92. The number of para-hydroxylation sites is 2. The van der Waals surface area contributed by atoms with Crippen molar-refractivity contribution in [2.45, 2.75) is 0 Å². The maximum atomic E-state index is 12.1. The standard InChI is InChI=1S/C17H13ClN4O/c18-13-8-4-5-9-14(13)20-17(23)15-10-11-16(22-21-15)19-12-6-2-1-3-7-12/h1-11H,(H,19,22)(H,20,23). The number of hydrogen-bond donors (Lipinski definition) is 2. The molecule has 0 aliphatic rings. The van der Waals surface area contributed by atoms with Crippen LogP contribution in [0.3, 0.4) is 0 Å². The predicted octanol–water partition coefficient (Wildman–Crippen LogP) is 4.13. The SMILES string of the molecule is O=C(Nc1ccccc1Cl)c1ccc(Nc2ccccc2)nn1. The van der Waals surface area contributed by atoms with E-state index in [4.69, 9.17) is 11.6 Å². The van der Waals surface area contributed by atoms with Gasteiger partial charge >= 0.3 is 0 Å². The fourth-order valence-corrected chi connectivity index (χ4v) is 2.12. The van der Waals surface area contributed by atoms with Gasteiger partial charge in [0.05, 0.1) is 10.7 Å². The maximum absolute atomic E-state index is 12.1. The monoisotopic (exact) mass is 324 g/mol. The highest BCUT2D eigenvalue weighted by molar-refractivity contribution is 6.33. The van der Waals surface area contributed by atoms with Crippen LogP contribution in [0.15, 0.2) is 66.7 Å². The first kappa shape index (κ1) is 15.0. The van der Waals surface area contributed by atoms with E-state index in [0.29, 0.717) is 16.5 Å². The molecule has 0 aliphatic carbocycles. The fraction of sp³-hybridized carbons (Fsp3) is 0. The molecule has 3 rings (SSSR count). The van der Waals surface area contributed by atoms with E-state index < -0.39 is 0 Å². The van der Waals surface area contributed by atoms with Gasteiger partial charge in [-0.3, -0.25) is 4.79 Å². The Bertz CT molecular complexity index is 806. The van der Waals surface area contributed by atoms with Gasteiger partial charge in [-0.2, -0.15) is 0 Å². The van der Waals surface area contributed by atoms with Crippen LogP contribution in [-0.2, 0) is 0 Å². The first-order valence-electron chi connectivity index (χ1n) is 6.94. The van der Waals surface area contributed by atoms with E-state index in [0.717, 1.165) is 5.69 Å². The number of benzene rings is 2. The van der Waals surface area contributed by atoms with Crippen molar-refractivity contribution < 1.29 is 4.79 Å². The highest BCUT2D eigenvalue weighted by Crippen LogP contribution is 2.21. The quantitative estimate of drug-likeness (QED) is 0.757. The molecule has 1 amide bonds. The number of aromatic nitrogens is 2. The summed E-state index contributed by atoms with van der Waals surface area (Å²) >= 11 is 6.01. The molecule has 3 aromatic rings. The summed E-state index contributed by atoms with van der Waals surface area (Å²) < 4.78 is 0. The Morgan fingerprint density at radius 3 is 2.30 bits per heavy atom. The van der Waals surface area contributed by atoms with Crippen LogP contribution < -0.4 is 10.6 Å². The second kappa shape index (κ2) is 6.89. The molecule has 1 aromatic heterocycles. The third-order valence-electron chi connectivity index (χ3n) is 3.07. The van der Waals surface area contributed by atoms with Gasteiger partial charge in [-0.1, -0.05) is 41.9 Å². The Balaban J connectivity index is 1.69. The topological polar surface area (TPSA) is 66.9 Å². The van der Waals surface area contributed by atoms with Crippen LogP contribution in [0.4, 0.5) is 17.2 Å². The molecule has 0 fully saturated rings. The molecule has 0 atom stereocenters. The third-order valence-corrected chi connectivity index (χ3v) is 3.40. The van der Waals surface area contributed by atoms with E-state index >= 15 is 0 Å². The summed E-state index contributed by atoms with van der Waals surface area (Å²) in [7, 11) is 0. The summed E-state index contributed by atoms with van der Waals surface area (Å²) in [5.74, 6) is 0.197. The second-order valence-corrected chi connectivity index (χ2v) is 5.14. The van der Waals surface area contributed by atoms with Crippen LogP contribution >= 0.6 is 11.6 Å². The van der Waals surface area contributed by atoms with Gasteiger partial charge in [0.1, 0.15) is 0 Å². The van der Waals surface area contributed by atoms with Crippen LogP contribution in [0, 0.1) is 0 Å². The van der Waals surface area contributed by atoms with Crippen LogP contribution in [-0.4, -0.2) is 16.1 Å². The van der Waals surface area contributed by atoms with Gasteiger partial charge in [-0.15, -0.1) is 10.2 Å². The molecule has 0 saturated carbocycles. The lowest BCUT2D eigenvalue weighted by atomic mass is 10.3. The van der Waals surface area contributed by atoms with Crippen molar-refractivity contribution in [3.63, 3.8) is 0 Å². The van der Waals surface area contributed by atoms with Gasteiger partial charge in [0.15, 0.2) is 11.5 Å². The first-order valence-corrected chi connectivity index (χ1v) is 7.32. The molecule has 6 heteroatoms. The van der Waals surface area contributed by atoms with E-state index in [9.17, 15) is 4.79 Å². The van der Waals surface area contributed by atoms with Crippen LogP contribution in [0.1, 0.15) is 10.5 Å². The zero-order valence-electron chi connectivity index (χ0n) is 12.0. The van der Waals surface area contributed by atoms with Gasteiger partial charge in [0, 0.05) is 5.69 Å². The lowest BCUT2D eigenvalue weighted by Crippen LogP contribution is -2.14. The Kier molecular flexibility index (Phi) is 4.49. The van der Waals surface area contributed by atoms with E-state index in [2.05, 4.69) is 20.8 Å². The molecule has 0 aliphatic heterocycles. The third kappa shape index (κ3) is 3.84. The Labute approximate surface area is 138 Å². The summed E-state index contributed by atoms with van der Waals surface area (Å²) in [6.45, 7) is 0. The number of anilines is 3. The van der Waals surface area contributed by atoms with E-state index in [1.165, 1.54) is 0 Å². The number of halogens is 1. The highest BCUT2D eigenvalue weighted by atomic mass is 35.5. The van der Waals surface area contributed by atoms with Gasteiger partial charge in [-0.05, 0) is 36.4 Å². The van der Waals surface area contributed by atoms with Gasteiger partial charge in [0.25, 0.3) is 5.91 Å². The largest absolute Gasteiger partial charge is 0.339 e. The number of carbonyl (C=O) groups excluding carboxylic acids is 1. The molecule has 0 unspecified atom stereocenters. The molecule has 23 heavy (non-hydrogen) atoms. The van der Waals surface area contributed by atoms with Crippen molar-refractivity contribution in [3.8, 4) is 0 Å². The molecule has 0 saturated heterocycles. The van der Waals surface area contributed by atoms with Gasteiger partial charge < -0.3 is 10.6 Å². The number of nitrogens with zero attached hydrogens (tertiary/aromatic N) is 2. The van der Waals surface area contributed by atoms with Crippen molar-refractivity contribution in [1.82, 2.24) is 10.2 Å². The lowest BCUT2D eigenvalue weighted by molar-refractivity contribution is 0.102. The average molecular weight is 325 g/mol. The smallest absolute Gasteiger partial charge is 0.276 e. The summed E-state index contributed by atoms with van der Waals surface area (Å²) in [6, 6.07) is 19.9. The molecule has 1 heterocycles. The van der Waals surface area contributed by atoms with Crippen molar-refractivity contribution in [2.75, 3.05) is 10.6 Å².